The Labute approximate surface area is 164 Å². The fraction of sp³-hybridized carbons (Fsp3) is 0.650. The highest BCUT2D eigenvalue weighted by Gasteiger charge is 2.32. The second-order valence-electron chi connectivity index (χ2n) is 7.49. The number of aliphatic imine (C=N–C) groups is 1. The minimum Gasteiger partial charge on any atom is -0.373 e. The van der Waals surface area contributed by atoms with Crippen LogP contribution >= 0.6 is 0 Å². The van der Waals surface area contributed by atoms with E-state index in [1.165, 1.54) is 25.0 Å². The molecule has 28 heavy (non-hydrogen) atoms. The lowest BCUT2D eigenvalue weighted by Gasteiger charge is -2.34. The van der Waals surface area contributed by atoms with Gasteiger partial charge in [-0.15, -0.1) is 0 Å². The molecule has 2 saturated heterocycles. The van der Waals surface area contributed by atoms with Gasteiger partial charge in [-0.2, -0.15) is 13.2 Å². The molecule has 1 N–H and O–H groups in total. The normalized spacial score (nSPS) is 23.5. The second-order valence-corrected chi connectivity index (χ2v) is 7.49. The maximum absolute atomic E-state index is 12.7. The van der Waals surface area contributed by atoms with Gasteiger partial charge in [-0.1, -0.05) is 12.1 Å². The number of morpholine rings is 1. The Bertz CT molecular complexity index is 662. The summed E-state index contributed by atoms with van der Waals surface area (Å²) < 4.78 is 44.1. The van der Waals surface area contributed by atoms with Crippen LogP contribution in [0.25, 0.3) is 0 Å². The third-order valence-corrected chi connectivity index (χ3v) is 5.30. The molecule has 2 aliphatic rings. The van der Waals surface area contributed by atoms with Gasteiger partial charge in [-0.05, 0) is 44.0 Å². The summed E-state index contributed by atoms with van der Waals surface area (Å²) in [6.07, 6.45) is -1.77. The number of halogens is 3. The highest BCUT2D eigenvalue weighted by molar-refractivity contribution is 5.79. The summed E-state index contributed by atoms with van der Waals surface area (Å²) in [6.45, 7) is 6.59. The van der Waals surface area contributed by atoms with E-state index in [0.29, 0.717) is 19.1 Å². The van der Waals surface area contributed by atoms with Crippen LogP contribution in [-0.4, -0.2) is 67.7 Å². The summed E-state index contributed by atoms with van der Waals surface area (Å²) in [5, 5.41) is 3.25. The SMILES string of the molecule is CCNC(=NCC1CN2CCCC2CO1)N(C)Cc1ccc(C(F)(F)F)cc1. The van der Waals surface area contributed by atoms with E-state index in [-0.39, 0.29) is 6.10 Å². The number of benzene rings is 1. The van der Waals surface area contributed by atoms with E-state index in [4.69, 9.17) is 9.73 Å². The van der Waals surface area contributed by atoms with E-state index in [1.807, 2.05) is 18.9 Å². The number of rotatable bonds is 5. The van der Waals surface area contributed by atoms with Gasteiger partial charge in [0.25, 0.3) is 0 Å². The van der Waals surface area contributed by atoms with E-state index >= 15 is 0 Å². The lowest BCUT2D eigenvalue weighted by atomic mass is 10.1. The Morgan fingerprint density at radius 2 is 2.07 bits per heavy atom. The predicted octanol–water partition coefficient (Wildman–Crippen LogP) is 2.97. The van der Waals surface area contributed by atoms with Crippen molar-refractivity contribution in [2.45, 2.75) is 44.6 Å². The summed E-state index contributed by atoms with van der Waals surface area (Å²) in [7, 11) is 1.89. The number of nitrogens with zero attached hydrogens (tertiary/aromatic N) is 3. The summed E-state index contributed by atoms with van der Waals surface area (Å²) in [5.74, 6) is 0.731. The standard InChI is InChI=1S/C20H29F3N4O/c1-3-24-19(25-11-18-13-27-10-4-5-17(27)14-28-18)26(2)12-15-6-8-16(9-7-15)20(21,22)23/h6-9,17-18H,3-5,10-14H2,1-2H3,(H,24,25). The average molecular weight is 398 g/mol. The zero-order chi connectivity index (χ0) is 20.1. The molecule has 0 aromatic heterocycles. The summed E-state index contributed by atoms with van der Waals surface area (Å²) in [4.78, 5) is 9.12. The predicted molar refractivity (Wildman–Crippen MR) is 103 cm³/mol. The van der Waals surface area contributed by atoms with Gasteiger partial charge in [-0.3, -0.25) is 9.89 Å². The molecule has 0 aliphatic carbocycles. The van der Waals surface area contributed by atoms with Gasteiger partial charge >= 0.3 is 6.18 Å². The van der Waals surface area contributed by atoms with E-state index in [1.54, 1.807) is 0 Å². The second kappa shape index (κ2) is 9.13. The summed E-state index contributed by atoms with van der Waals surface area (Å²) in [6, 6.07) is 5.84. The first-order valence-corrected chi connectivity index (χ1v) is 9.88. The van der Waals surface area contributed by atoms with Gasteiger partial charge in [0.05, 0.1) is 24.8 Å². The topological polar surface area (TPSA) is 40.1 Å². The molecule has 2 heterocycles. The molecule has 156 valence electrons. The first-order chi connectivity index (χ1) is 13.4. The molecule has 0 bridgehead atoms. The summed E-state index contributed by atoms with van der Waals surface area (Å²) >= 11 is 0. The molecular weight excluding hydrogens is 369 g/mol. The van der Waals surface area contributed by atoms with Crippen molar-refractivity contribution in [1.82, 2.24) is 15.1 Å². The Balaban J connectivity index is 1.58. The van der Waals surface area contributed by atoms with Crippen molar-refractivity contribution in [1.29, 1.82) is 0 Å². The van der Waals surface area contributed by atoms with Crippen LogP contribution in [-0.2, 0) is 17.5 Å². The van der Waals surface area contributed by atoms with Crippen LogP contribution in [0.3, 0.4) is 0 Å². The molecular formula is C20H29F3N4O. The van der Waals surface area contributed by atoms with Crippen LogP contribution in [0.2, 0.25) is 0 Å². The van der Waals surface area contributed by atoms with Crippen LogP contribution in [0.4, 0.5) is 13.2 Å². The highest BCUT2D eigenvalue weighted by Crippen LogP contribution is 2.29. The van der Waals surface area contributed by atoms with Crippen molar-refractivity contribution in [2.24, 2.45) is 4.99 Å². The number of hydrogen-bond acceptors (Lipinski definition) is 3. The number of hydrogen-bond donors (Lipinski definition) is 1. The quantitative estimate of drug-likeness (QED) is 0.612. The van der Waals surface area contributed by atoms with Crippen LogP contribution in [0.5, 0.6) is 0 Å². The number of fused-ring (bicyclic) bond motifs is 1. The fourth-order valence-corrected chi connectivity index (χ4v) is 3.80. The fourth-order valence-electron chi connectivity index (χ4n) is 3.80. The molecule has 3 rings (SSSR count). The van der Waals surface area contributed by atoms with Gasteiger partial charge < -0.3 is 15.0 Å². The molecule has 2 unspecified atom stereocenters. The zero-order valence-corrected chi connectivity index (χ0v) is 16.5. The first kappa shape index (κ1) is 20.9. The van der Waals surface area contributed by atoms with Gasteiger partial charge in [0.15, 0.2) is 5.96 Å². The Hall–Kier alpha value is -1.80. The average Bonchev–Trinajstić information content (AvgIpc) is 3.12. The Morgan fingerprint density at radius 1 is 1.32 bits per heavy atom. The zero-order valence-electron chi connectivity index (χ0n) is 16.5. The van der Waals surface area contributed by atoms with Gasteiger partial charge in [-0.25, -0.2) is 0 Å². The minimum absolute atomic E-state index is 0.0856. The number of alkyl halides is 3. The van der Waals surface area contributed by atoms with Crippen LogP contribution in [0, 0.1) is 0 Å². The first-order valence-electron chi connectivity index (χ1n) is 9.88. The van der Waals surface area contributed by atoms with Crippen LogP contribution < -0.4 is 5.32 Å². The maximum atomic E-state index is 12.7. The van der Waals surface area contributed by atoms with Gasteiger partial charge in [0.2, 0.25) is 0 Å². The van der Waals surface area contributed by atoms with Crippen molar-refractivity contribution in [3.63, 3.8) is 0 Å². The number of ether oxygens (including phenoxy) is 1. The molecule has 0 spiro atoms. The minimum atomic E-state index is -4.31. The van der Waals surface area contributed by atoms with Crippen molar-refractivity contribution < 1.29 is 17.9 Å². The van der Waals surface area contributed by atoms with E-state index < -0.39 is 11.7 Å². The molecule has 5 nitrogen and oxygen atoms in total. The molecule has 2 atom stereocenters. The van der Waals surface area contributed by atoms with Crippen molar-refractivity contribution >= 4 is 5.96 Å². The Morgan fingerprint density at radius 3 is 2.75 bits per heavy atom. The van der Waals surface area contributed by atoms with Crippen LogP contribution in [0.15, 0.2) is 29.3 Å². The van der Waals surface area contributed by atoms with E-state index in [2.05, 4.69) is 10.2 Å². The van der Waals surface area contributed by atoms with Gasteiger partial charge in [0, 0.05) is 32.7 Å². The smallest absolute Gasteiger partial charge is 0.373 e. The van der Waals surface area contributed by atoms with E-state index in [0.717, 1.165) is 49.9 Å². The van der Waals surface area contributed by atoms with Crippen LogP contribution in [0.1, 0.15) is 30.9 Å². The molecule has 2 aliphatic heterocycles. The highest BCUT2D eigenvalue weighted by atomic mass is 19.4. The van der Waals surface area contributed by atoms with Gasteiger partial charge in [0.1, 0.15) is 0 Å². The molecule has 8 heteroatoms. The lowest BCUT2D eigenvalue weighted by molar-refractivity contribution is -0.137. The molecule has 1 aromatic carbocycles. The summed E-state index contributed by atoms with van der Waals surface area (Å²) in [5.41, 5.74) is 0.170. The van der Waals surface area contributed by atoms with Crippen molar-refractivity contribution in [3.05, 3.63) is 35.4 Å². The Kier molecular flexibility index (Phi) is 6.82. The molecule has 1 aromatic rings. The molecule has 0 radical (unpaired) electrons. The molecule has 0 saturated carbocycles. The van der Waals surface area contributed by atoms with E-state index in [9.17, 15) is 13.2 Å². The third kappa shape index (κ3) is 5.38. The monoisotopic (exact) mass is 398 g/mol. The third-order valence-electron chi connectivity index (χ3n) is 5.30. The molecule has 0 amide bonds. The van der Waals surface area contributed by atoms with Crippen molar-refractivity contribution in [3.8, 4) is 0 Å². The maximum Gasteiger partial charge on any atom is 0.416 e. The number of nitrogens with one attached hydrogen (secondary N) is 1. The van der Waals surface area contributed by atoms with Crippen molar-refractivity contribution in [2.75, 3.05) is 39.8 Å². The lowest BCUT2D eigenvalue weighted by Crippen LogP contribution is -2.47. The number of guanidine groups is 1. The largest absolute Gasteiger partial charge is 0.416 e. The molecule has 2 fully saturated rings.